The van der Waals surface area contributed by atoms with E-state index in [4.69, 9.17) is 13.6 Å². The van der Waals surface area contributed by atoms with Crippen LogP contribution in [0.3, 0.4) is 0 Å². The summed E-state index contributed by atoms with van der Waals surface area (Å²) in [6.45, 7) is 0. The molecule has 1 rings (SSSR count). The summed E-state index contributed by atoms with van der Waals surface area (Å²) in [5.74, 6) is 0. The molecule has 2 N–H and O–H groups in total. The molecule has 0 heterocycles. The van der Waals surface area contributed by atoms with Crippen molar-refractivity contribution >= 4 is 24.2 Å². The van der Waals surface area contributed by atoms with Crippen molar-refractivity contribution in [2.45, 2.75) is 0 Å². The first-order valence-electron chi connectivity index (χ1n) is 3.06. The Labute approximate surface area is 71.3 Å². The molecular formula is C6H6AsN2O3+. The average molecular weight is 229 g/mol. The van der Waals surface area contributed by atoms with Crippen LogP contribution in [-0.4, -0.2) is 22.4 Å². The Morgan fingerprint density at radius 2 is 1.92 bits per heavy atom. The van der Waals surface area contributed by atoms with Crippen LogP contribution in [0.5, 0.6) is 0 Å². The van der Waals surface area contributed by atoms with Gasteiger partial charge in [0.15, 0.2) is 0 Å². The summed E-state index contributed by atoms with van der Waals surface area (Å²) in [6, 6.07) is 5.58. The van der Waals surface area contributed by atoms with Crippen LogP contribution in [0.1, 0.15) is 0 Å². The summed E-state index contributed by atoms with van der Waals surface area (Å²) >= 11 is -4.93. The Balaban J connectivity index is 3.36. The van der Waals surface area contributed by atoms with Crippen molar-refractivity contribution in [2.75, 3.05) is 0 Å². The van der Waals surface area contributed by atoms with Gasteiger partial charge in [0.05, 0.1) is 0 Å². The second-order valence-electron chi connectivity index (χ2n) is 2.13. The summed E-state index contributed by atoms with van der Waals surface area (Å²) in [7, 11) is 0. The van der Waals surface area contributed by atoms with Crippen LogP contribution >= 0.6 is 0 Å². The van der Waals surface area contributed by atoms with Crippen LogP contribution in [0.2, 0.25) is 0 Å². The molecule has 12 heavy (non-hydrogen) atoms. The molecule has 0 fully saturated rings. The van der Waals surface area contributed by atoms with Gasteiger partial charge in [0.25, 0.3) is 0 Å². The summed E-state index contributed by atoms with van der Waals surface area (Å²) < 4.78 is 28.2. The molecule has 0 amide bonds. The molecule has 0 saturated carbocycles. The van der Waals surface area contributed by atoms with Crippen molar-refractivity contribution in [3.8, 4) is 0 Å². The van der Waals surface area contributed by atoms with E-state index in [1.54, 1.807) is 0 Å². The van der Waals surface area contributed by atoms with Gasteiger partial charge in [-0.25, -0.2) is 0 Å². The normalized spacial score (nSPS) is 10.8. The van der Waals surface area contributed by atoms with Crippen molar-refractivity contribution in [2.24, 2.45) is 0 Å². The van der Waals surface area contributed by atoms with Gasteiger partial charge in [-0.1, -0.05) is 0 Å². The summed E-state index contributed by atoms with van der Waals surface area (Å²) in [5.41, 5.74) is -0.0787. The van der Waals surface area contributed by atoms with Crippen molar-refractivity contribution < 1.29 is 11.9 Å². The zero-order valence-corrected chi connectivity index (χ0v) is 7.83. The van der Waals surface area contributed by atoms with Crippen molar-refractivity contribution in [3.63, 3.8) is 0 Å². The Hall–Kier alpha value is -1.08. The number of diazo groups is 1. The SMILES string of the molecule is N#[N+]c1ccccc1[As](=O)(O)O. The molecular weight excluding hydrogens is 223 g/mol. The molecule has 1 aromatic carbocycles. The van der Waals surface area contributed by atoms with Gasteiger partial charge in [-0.3, -0.25) is 0 Å². The molecule has 0 bridgehead atoms. The fraction of sp³-hybridized carbons (Fsp3) is 0. The third-order valence-electron chi connectivity index (χ3n) is 1.30. The molecule has 0 aliphatic carbocycles. The van der Waals surface area contributed by atoms with Crippen molar-refractivity contribution in [1.82, 2.24) is 0 Å². The monoisotopic (exact) mass is 229 g/mol. The number of nitrogens with zero attached hydrogens (tertiary/aromatic N) is 2. The van der Waals surface area contributed by atoms with Gasteiger partial charge in [0.2, 0.25) is 0 Å². The Morgan fingerprint density at radius 1 is 1.33 bits per heavy atom. The van der Waals surface area contributed by atoms with Crippen molar-refractivity contribution in [3.05, 3.63) is 29.2 Å². The molecule has 0 radical (unpaired) electrons. The molecule has 0 aliphatic heterocycles. The quantitative estimate of drug-likeness (QED) is 0.512. The standard InChI is InChI=1S/C6H5AsN2O3/c8-9-6-4-2-1-3-5(6)7(10,11)12/h1-4H,(H-,10,11,12)/p+1. The van der Waals surface area contributed by atoms with E-state index in [2.05, 4.69) is 4.98 Å². The Kier molecular flexibility index (Phi) is 2.34. The van der Waals surface area contributed by atoms with E-state index in [0.29, 0.717) is 0 Å². The Bertz CT molecular complexity index is 379. The van der Waals surface area contributed by atoms with Crippen molar-refractivity contribution in [1.29, 1.82) is 5.39 Å². The number of hydrogen-bond acceptors (Lipinski definition) is 2. The van der Waals surface area contributed by atoms with Crippen LogP contribution in [0.4, 0.5) is 5.69 Å². The molecule has 6 heteroatoms. The van der Waals surface area contributed by atoms with Gasteiger partial charge in [0, 0.05) is 0 Å². The molecule has 0 aromatic heterocycles. The molecule has 0 saturated heterocycles. The summed E-state index contributed by atoms with van der Waals surface area (Å²) in [5, 5.41) is 8.37. The fourth-order valence-electron chi connectivity index (χ4n) is 0.795. The van der Waals surface area contributed by atoms with E-state index >= 15 is 0 Å². The van der Waals surface area contributed by atoms with E-state index in [-0.39, 0.29) is 10.0 Å². The zero-order chi connectivity index (χ0) is 9.19. The number of benzene rings is 1. The van der Waals surface area contributed by atoms with Gasteiger partial charge in [-0.15, -0.1) is 0 Å². The maximum atomic E-state index is 10.8. The third-order valence-corrected chi connectivity index (χ3v) is 3.41. The topological polar surface area (TPSA) is 85.7 Å². The van der Waals surface area contributed by atoms with Gasteiger partial charge in [0.1, 0.15) is 0 Å². The maximum absolute atomic E-state index is 10.8. The van der Waals surface area contributed by atoms with Crippen LogP contribution < -0.4 is 4.35 Å². The second-order valence-corrected chi connectivity index (χ2v) is 5.43. The van der Waals surface area contributed by atoms with Gasteiger partial charge < -0.3 is 0 Å². The van der Waals surface area contributed by atoms with Gasteiger partial charge in [-0.2, -0.15) is 0 Å². The first-order valence-corrected chi connectivity index (χ1v) is 6.44. The fourth-order valence-corrected chi connectivity index (χ4v) is 2.26. The van der Waals surface area contributed by atoms with E-state index in [1.807, 2.05) is 0 Å². The molecule has 0 spiro atoms. The van der Waals surface area contributed by atoms with Gasteiger partial charge in [-0.05, 0) is 0 Å². The third kappa shape index (κ3) is 1.74. The molecule has 0 atom stereocenters. The summed E-state index contributed by atoms with van der Waals surface area (Å²) in [4.78, 5) is 2.76. The molecule has 5 nitrogen and oxygen atoms in total. The zero-order valence-electron chi connectivity index (χ0n) is 5.95. The van der Waals surface area contributed by atoms with Crippen LogP contribution in [0.25, 0.3) is 4.98 Å². The van der Waals surface area contributed by atoms with Crippen LogP contribution in [-0.2, 0) is 3.74 Å². The average Bonchev–Trinajstić information content (AvgIpc) is 2.03. The first-order chi connectivity index (χ1) is 5.55. The van der Waals surface area contributed by atoms with E-state index < -0.39 is 14.2 Å². The molecule has 62 valence electrons. The molecule has 0 unspecified atom stereocenters. The van der Waals surface area contributed by atoms with Crippen LogP contribution in [0, 0.1) is 5.39 Å². The second kappa shape index (κ2) is 3.11. The van der Waals surface area contributed by atoms with E-state index in [0.717, 1.165) is 0 Å². The number of hydrogen-bond donors (Lipinski definition) is 2. The predicted octanol–water partition coefficient (Wildman–Crippen LogP) is -0.268. The Morgan fingerprint density at radius 3 is 2.33 bits per heavy atom. The molecule has 1 aromatic rings. The first kappa shape index (κ1) is 9.01. The predicted molar refractivity (Wildman–Crippen MR) is 41.7 cm³/mol. The van der Waals surface area contributed by atoms with Crippen LogP contribution in [0.15, 0.2) is 24.3 Å². The van der Waals surface area contributed by atoms with E-state index in [1.165, 1.54) is 24.3 Å². The minimum atomic E-state index is -4.93. The summed E-state index contributed by atoms with van der Waals surface area (Å²) in [6.07, 6.45) is 0. The minimum absolute atomic E-state index is 0.0787. The van der Waals surface area contributed by atoms with Gasteiger partial charge >= 0.3 is 70.8 Å². The number of rotatable bonds is 1. The van der Waals surface area contributed by atoms with E-state index in [9.17, 15) is 3.74 Å². The molecule has 0 aliphatic rings.